The largest absolute Gasteiger partial charge is 0.374 e. The highest BCUT2D eigenvalue weighted by Crippen LogP contribution is 2.18. The van der Waals surface area contributed by atoms with Crippen molar-refractivity contribution in [3.05, 3.63) is 28.0 Å². The number of aromatic nitrogens is 1. The molecule has 1 saturated heterocycles. The van der Waals surface area contributed by atoms with Gasteiger partial charge in [0.25, 0.3) is 5.91 Å². The van der Waals surface area contributed by atoms with Crippen LogP contribution in [0.3, 0.4) is 0 Å². The van der Waals surface area contributed by atoms with E-state index < -0.39 is 22.4 Å². The maximum atomic E-state index is 12.8. The van der Waals surface area contributed by atoms with Gasteiger partial charge in [-0.25, -0.2) is 4.98 Å². The molecule has 0 radical (unpaired) electrons. The summed E-state index contributed by atoms with van der Waals surface area (Å²) in [4.78, 5) is 16.2. The summed E-state index contributed by atoms with van der Waals surface area (Å²) in [6.07, 6.45) is 0.373. The van der Waals surface area contributed by atoms with Crippen molar-refractivity contribution in [2.45, 2.75) is 19.4 Å². The quantitative estimate of drug-likeness (QED) is 0.815. The predicted molar refractivity (Wildman–Crippen MR) is 74.1 cm³/mol. The molecule has 1 aliphatic heterocycles. The first-order chi connectivity index (χ1) is 9.27. The van der Waals surface area contributed by atoms with Crippen molar-refractivity contribution in [1.29, 1.82) is 0 Å². The third kappa shape index (κ3) is 3.53. The number of pyridine rings is 1. The molecule has 0 aliphatic carbocycles. The van der Waals surface area contributed by atoms with Crippen molar-refractivity contribution in [2.75, 3.05) is 13.1 Å². The van der Waals surface area contributed by atoms with Crippen molar-refractivity contribution in [3.8, 4) is 0 Å². The second-order valence-electron chi connectivity index (χ2n) is 4.54. The zero-order valence-electron chi connectivity index (χ0n) is 10.6. The van der Waals surface area contributed by atoms with Gasteiger partial charge < -0.3 is 5.32 Å². The Morgan fingerprint density at radius 2 is 2.25 bits per heavy atom. The standard InChI is InChI=1S/C11H13BrFN3O3S/c1-7-2-3-9(12)10(14-7)11(17)15-8-4-5-16(6-8)20(13,18)19/h2-3,8H,4-6H2,1H3,(H,15,17). The van der Waals surface area contributed by atoms with Gasteiger partial charge in [-0.1, -0.05) is 3.89 Å². The Morgan fingerprint density at radius 1 is 1.55 bits per heavy atom. The molecule has 1 atom stereocenters. The number of nitrogens with one attached hydrogen (secondary N) is 1. The average molecular weight is 366 g/mol. The molecule has 1 unspecified atom stereocenters. The van der Waals surface area contributed by atoms with Gasteiger partial charge in [0, 0.05) is 29.3 Å². The zero-order valence-corrected chi connectivity index (χ0v) is 13.0. The minimum atomic E-state index is -4.69. The number of halogens is 2. The molecular formula is C11H13BrFN3O3S. The fraction of sp³-hybridized carbons (Fsp3) is 0.455. The van der Waals surface area contributed by atoms with E-state index in [0.29, 0.717) is 20.9 Å². The topological polar surface area (TPSA) is 79.4 Å². The van der Waals surface area contributed by atoms with Gasteiger partial charge in [-0.3, -0.25) is 4.79 Å². The van der Waals surface area contributed by atoms with Crippen LogP contribution in [-0.4, -0.2) is 42.7 Å². The maximum Gasteiger partial charge on any atom is 0.374 e. The van der Waals surface area contributed by atoms with Gasteiger partial charge in [-0.15, -0.1) is 0 Å². The molecule has 110 valence electrons. The molecule has 20 heavy (non-hydrogen) atoms. The first kappa shape index (κ1) is 15.3. The first-order valence-electron chi connectivity index (χ1n) is 5.91. The van der Waals surface area contributed by atoms with Gasteiger partial charge in [0.2, 0.25) is 0 Å². The van der Waals surface area contributed by atoms with Gasteiger partial charge in [0.1, 0.15) is 5.69 Å². The Labute approximate surface area is 124 Å². The minimum absolute atomic E-state index is 0.0615. The second kappa shape index (κ2) is 5.74. The zero-order chi connectivity index (χ0) is 14.9. The van der Waals surface area contributed by atoms with Gasteiger partial charge in [0.05, 0.1) is 0 Å². The lowest BCUT2D eigenvalue weighted by Gasteiger charge is -2.13. The molecule has 1 fully saturated rings. The van der Waals surface area contributed by atoms with Crippen molar-refractivity contribution >= 4 is 32.2 Å². The third-order valence-corrected chi connectivity index (χ3v) is 4.58. The Balaban J connectivity index is 2.05. The number of nitrogens with zero attached hydrogens (tertiary/aromatic N) is 2. The summed E-state index contributed by atoms with van der Waals surface area (Å²) in [6.45, 7) is 1.76. The number of carbonyl (C=O) groups is 1. The lowest BCUT2D eigenvalue weighted by atomic mass is 10.2. The Morgan fingerprint density at radius 3 is 2.85 bits per heavy atom. The van der Waals surface area contributed by atoms with E-state index in [-0.39, 0.29) is 18.8 Å². The number of hydrogen-bond donors (Lipinski definition) is 1. The molecule has 0 spiro atoms. The van der Waals surface area contributed by atoms with E-state index in [2.05, 4.69) is 26.2 Å². The van der Waals surface area contributed by atoms with Crippen LogP contribution in [0.15, 0.2) is 16.6 Å². The molecule has 2 rings (SSSR count). The van der Waals surface area contributed by atoms with Crippen molar-refractivity contribution in [1.82, 2.24) is 14.6 Å². The van der Waals surface area contributed by atoms with E-state index in [4.69, 9.17) is 0 Å². The summed E-state index contributed by atoms with van der Waals surface area (Å²) in [7, 11) is -4.69. The van der Waals surface area contributed by atoms with E-state index in [1.807, 2.05) is 0 Å². The van der Waals surface area contributed by atoms with Crippen LogP contribution in [0.1, 0.15) is 22.6 Å². The van der Waals surface area contributed by atoms with Gasteiger partial charge >= 0.3 is 10.4 Å². The van der Waals surface area contributed by atoms with Crippen LogP contribution >= 0.6 is 15.9 Å². The normalized spacial score (nSPS) is 20.1. The summed E-state index contributed by atoms with van der Waals surface area (Å²) in [6, 6.07) is 3.06. The van der Waals surface area contributed by atoms with E-state index in [0.717, 1.165) is 0 Å². The fourth-order valence-electron chi connectivity index (χ4n) is 2.00. The van der Waals surface area contributed by atoms with E-state index in [1.54, 1.807) is 19.1 Å². The van der Waals surface area contributed by atoms with Gasteiger partial charge in [-0.2, -0.15) is 12.7 Å². The lowest BCUT2D eigenvalue weighted by molar-refractivity contribution is 0.0932. The molecule has 0 saturated carbocycles. The number of carbonyl (C=O) groups excluding carboxylic acids is 1. The van der Waals surface area contributed by atoms with E-state index in [1.165, 1.54) is 0 Å². The summed E-state index contributed by atoms with van der Waals surface area (Å²) >= 11 is 3.23. The lowest BCUT2D eigenvalue weighted by Crippen LogP contribution is -2.38. The first-order valence-corrected chi connectivity index (χ1v) is 8.04. The molecule has 6 nitrogen and oxygen atoms in total. The van der Waals surface area contributed by atoms with Crippen LogP contribution in [0.2, 0.25) is 0 Å². The van der Waals surface area contributed by atoms with Crippen LogP contribution in [-0.2, 0) is 10.4 Å². The molecule has 0 aromatic carbocycles. The predicted octanol–water partition coefficient (Wildman–Crippen LogP) is 1.17. The Kier molecular flexibility index (Phi) is 4.40. The number of amides is 1. The molecule has 2 heterocycles. The summed E-state index contributed by atoms with van der Waals surface area (Å²) in [5, 5.41) is 2.66. The number of rotatable bonds is 3. The highest BCUT2D eigenvalue weighted by Gasteiger charge is 2.32. The SMILES string of the molecule is Cc1ccc(Br)c(C(=O)NC2CCN(S(=O)(=O)F)C2)n1. The average Bonchev–Trinajstić information content (AvgIpc) is 2.80. The number of aryl methyl sites for hydroxylation is 1. The molecule has 1 aromatic rings. The van der Waals surface area contributed by atoms with Crippen molar-refractivity contribution in [2.24, 2.45) is 0 Å². The van der Waals surface area contributed by atoms with Crippen molar-refractivity contribution < 1.29 is 17.1 Å². The second-order valence-corrected chi connectivity index (χ2v) is 6.74. The molecular weight excluding hydrogens is 353 g/mol. The van der Waals surface area contributed by atoms with Crippen molar-refractivity contribution in [3.63, 3.8) is 0 Å². The van der Waals surface area contributed by atoms with Gasteiger partial charge in [-0.05, 0) is 41.4 Å². The van der Waals surface area contributed by atoms with Crippen LogP contribution in [0, 0.1) is 6.92 Å². The molecule has 1 N–H and O–H groups in total. The monoisotopic (exact) mass is 365 g/mol. The summed E-state index contributed by atoms with van der Waals surface area (Å²) < 4.78 is 35.6. The van der Waals surface area contributed by atoms with Crippen LogP contribution in [0.5, 0.6) is 0 Å². The maximum absolute atomic E-state index is 12.8. The third-order valence-electron chi connectivity index (χ3n) is 2.99. The van der Waals surface area contributed by atoms with Crippen LogP contribution < -0.4 is 5.32 Å². The van der Waals surface area contributed by atoms with E-state index in [9.17, 15) is 17.1 Å². The Bertz CT molecular complexity index is 638. The van der Waals surface area contributed by atoms with Crippen LogP contribution in [0.4, 0.5) is 3.89 Å². The molecule has 0 bridgehead atoms. The minimum Gasteiger partial charge on any atom is -0.347 e. The fourth-order valence-corrected chi connectivity index (χ4v) is 3.08. The van der Waals surface area contributed by atoms with Gasteiger partial charge in [0.15, 0.2) is 0 Å². The molecule has 1 aliphatic rings. The molecule has 1 amide bonds. The summed E-state index contributed by atoms with van der Waals surface area (Å²) in [5.74, 6) is -0.413. The highest BCUT2D eigenvalue weighted by atomic mass is 79.9. The molecule has 1 aromatic heterocycles. The highest BCUT2D eigenvalue weighted by molar-refractivity contribution is 9.10. The smallest absolute Gasteiger partial charge is 0.347 e. The Hall–Kier alpha value is -1.06. The van der Waals surface area contributed by atoms with Crippen LogP contribution in [0.25, 0.3) is 0 Å². The molecule has 9 heteroatoms. The summed E-state index contributed by atoms with van der Waals surface area (Å²) in [5.41, 5.74) is 0.921. The van der Waals surface area contributed by atoms with E-state index >= 15 is 0 Å². The number of hydrogen-bond acceptors (Lipinski definition) is 4.